The molecule has 0 N–H and O–H groups in total. The minimum absolute atomic E-state index is 0.170. The molecule has 0 aromatic heterocycles. The van der Waals surface area contributed by atoms with Crippen LogP contribution in [0.25, 0.3) is 55.3 Å². The molecular formula is C56H39N. The Morgan fingerprint density at radius 3 is 1.37 bits per heavy atom. The van der Waals surface area contributed by atoms with Crippen molar-refractivity contribution < 1.29 is 0 Å². The van der Waals surface area contributed by atoms with Gasteiger partial charge in [-0.3, -0.25) is 0 Å². The van der Waals surface area contributed by atoms with Crippen molar-refractivity contribution in [3.63, 3.8) is 0 Å². The standard InChI is InChI=1S/C56H39N/c1-55(2)51-33-38-19-7-6-18-37(38)32-47(51)46-31-29-39(34-52(46)55)57(54-27-15-11-20-41(54)36-16-4-3-5-17-36)40-28-30-45-44-23-10-14-26-50(44)56(53(45)35-40)48-24-12-8-21-42(48)43-22-9-13-25-49(43)56/h3-35H,1-2H3. The van der Waals surface area contributed by atoms with Gasteiger partial charge in [0.05, 0.1) is 11.1 Å². The van der Waals surface area contributed by atoms with Gasteiger partial charge in [0.15, 0.2) is 0 Å². The molecule has 268 valence electrons. The average Bonchev–Trinajstić information content (AvgIpc) is 3.81. The highest BCUT2D eigenvalue weighted by Gasteiger charge is 2.51. The second kappa shape index (κ2) is 11.8. The molecule has 0 fully saturated rings. The van der Waals surface area contributed by atoms with Crippen molar-refractivity contribution in [1.29, 1.82) is 0 Å². The lowest BCUT2D eigenvalue weighted by atomic mass is 9.70. The highest BCUT2D eigenvalue weighted by atomic mass is 15.1. The van der Waals surface area contributed by atoms with Gasteiger partial charge < -0.3 is 4.90 Å². The molecule has 0 unspecified atom stereocenters. The number of benzene rings is 9. The number of fused-ring (bicyclic) bond motifs is 14. The highest BCUT2D eigenvalue weighted by Crippen LogP contribution is 2.63. The second-order valence-electron chi connectivity index (χ2n) is 16.4. The van der Waals surface area contributed by atoms with Gasteiger partial charge >= 0.3 is 0 Å². The van der Waals surface area contributed by atoms with Crippen molar-refractivity contribution in [2.45, 2.75) is 24.7 Å². The number of para-hydroxylation sites is 1. The maximum Gasteiger partial charge on any atom is 0.0726 e. The van der Waals surface area contributed by atoms with Crippen molar-refractivity contribution in [2.24, 2.45) is 0 Å². The van der Waals surface area contributed by atoms with Crippen LogP contribution in [0.1, 0.15) is 47.2 Å². The first-order valence-corrected chi connectivity index (χ1v) is 20.1. The first-order chi connectivity index (χ1) is 28.0. The van der Waals surface area contributed by atoms with E-state index in [4.69, 9.17) is 0 Å². The van der Waals surface area contributed by atoms with Gasteiger partial charge in [-0.2, -0.15) is 0 Å². The van der Waals surface area contributed by atoms with E-state index >= 15 is 0 Å². The molecule has 9 aromatic rings. The third-order valence-electron chi connectivity index (χ3n) is 13.3. The van der Waals surface area contributed by atoms with Gasteiger partial charge in [0.2, 0.25) is 0 Å². The Kier molecular flexibility index (Phi) is 6.67. The molecule has 0 amide bonds. The van der Waals surface area contributed by atoms with Crippen LogP contribution in [0.15, 0.2) is 200 Å². The summed E-state index contributed by atoms with van der Waals surface area (Å²) in [7, 11) is 0. The van der Waals surface area contributed by atoms with Crippen LogP contribution >= 0.6 is 0 Å². The van der Waals surface area contributed by atoms with Gasteiger partial charge in [-0.05, 0) is 126 Å². The summed E-state index contributed by atoms with van der Waals surface area (Å²) < 4.78 is 0. The topological polar surface area (TPSA) is 3.24 Å². The van der Waals surface area contributed by atoms with E-state index in [1.807, 2.05) is 0 Å². The van der Waals surface area contributed by atoms with E-state index < -0.39 is 5.41 Å². The Morgan fingerprint density at radius 1 is 0.316 bits per heavy atom. The number of hydrogen-bond acceptors (Lipinski definition) is 1. The Balaban J connectivity index is 1.12. The zero-order valence-electron chi connectivity index (χ0n) is 32.0. The number of rotatable bonds is 4. The summed E-state index contributed by atoms with van der Waals surface area (Å²) in [5, 5.41) is 2.57. The van der Waals surface area contributed by atoms with Crippen molar-refractivity contribution in [2.75, 3.05) is 4.90 Å². The molecule has 1 heteroatoms. The van der Waals surface area contributed by atoms with Crippen LogP contribution in [0.4, 0.5) is 17.1 Å². The van der Waals surface area contributed by atoms with Gasteiger partial charge in [-0.25, -0.2) is 0 Å². The fourth-order valence-corrected chi connectivity index (χ4v) is 10.7. The van der Waals surface area contributed by atoms with Gasteiger partial charge in [0.1, 0.15) is 0 Å². The molecule has 0 aliphatic heterocycles. The molecule has 1 nitrogen and oxygen atoms in total. The lowest BCUT2D eigenvalue weighted by Gasteiger charge is -2.33. The molecule has 0 saturated carbocycles. The number of anilines is 3. The van der Waals surface area contributed by atoms with E-state index in [1.165, 1.54) is 88.7 Å². The largest absolute Gasteiger partial charge is 0.310 e. The van der Waals surface area contributed by atoms with Crippen LogP contribution in [-0.4, -0.2) is 0 Å². The Labute approximate surface area is 334 Å². The van der Waals surface area contributed by atoms with Crippen LogP contribution in [0.3, 0.4) is 0 Å². The molecule has 1 spiro atoms. The summed E-state index contributed by atoms with van der Waals surface area (Å²) in [5.41, 5.74) is 21.3. The van der Waals surface area contributed by atoms with Gasteiger partial charge in [0.25, 0.3) is 0 Å². The quantitative estimate of drug-likeness (QED) is 0.175. The smallest absolute Gasteiger partial charge is 0.0726 e. The minimum Gasteiger partial charge on any atom is -0.310 e. The second-order valence-corrected chi connectivity index (χ2v) is 16.4. The van der Waals surface area contributed by atoms with Crippen LogP contribution in [0, 0.1) is 0 Å². The molecule has 0 heterocycles. The number of nitrogens with zero attached hydrogens (tertiary/aromatic N) is 1. The minimum atomic E-state index is -0.427. The van der Waals surface area contributed by atoms with Gasteiger partial charge in [-0.1, -0.05) is 172 Å². The summed E-state index contributed by atoms with van der Waals surface area (Å²) in [5.74, 6) is 0. The molecule has 0 radical (unpaired) electrons. The van der Waals surface area contributed by atoms with Crippen molar-refractivity contribution >= 4 is 27.8 Å². The summed E-state index contributed by atoms with van der Waals surface area (Å²) in [6, 6.07) is 75.0. The van der Waals surface area contributed by atoms with Crippen LogP contribution in [0.5, 0.6) is 0 Å². The van der Waals surface area contributed by atoms with E-state index in [0.29, 0.717) is 0 Å². The van der Waals surface area contributed by atoms with E-state index in [1.54, 1.807) is 0 Å². The average molecular weight is 726 g/mol. The van der Waals surface area contributed by atoms with E-state index in [9.17, 15) is 0 Å². The SMILES string of the molecule is CC1(C)c2cc(N(c3ccc4c(c3)C3(c5ccccc5-c5ccccc53)c3ccccc3-4)c3ccccc3-c3ccccc3)ccc2-c2cc3ccccc3cc21. The summed E-state index contributed by atoms with van der Waals surface area (Å²) >= 11 is 0. The number of hydrogen-bond donors (Lipinski definition) is 0. The van der Waals surface area contributed by atoms with E-state index in [0.717, 1.165) is 17.1 Å². The normalized spacial score (nSPS) is 14.4. The molecule has 57 heavy (non-hydrogen) atoms. The maximum absolute atomic E-state index is 2.52. The summed E-state index contributed by atoms with van der Waals surface area (Å²) in [6.07, 6.45) is 0. The molecule has 3 aliphatic rings. The van der Waals surface area contributed by atoms with E-state index in [2.05, 4.69) is 219 Å². The monoisotopic (exact) mass is 725 g/mol. The molecule has 0 saturated heterocycles. The predicted octanol–water partition coefficient (Wildman–Crippen LogP) is 14.6. The Hall–Kier alpha value is -6.96. The fourth-order valence-electron chi connectivity index (χ4n) is 10.7. The molecule has 9 aromatic carbocycles. The predicted molar refractivity (Wildman–Crippen MR) is 238 cm³/mol. The van der Waals surface area contributed by atoms with Gasteiger partial charge in [-0.15, -0.1) is 0 Å². The van der Waals surface area contributed by atoms with Crippen LogP contribution in [0.2, 0.25) is 0 Å². The Bertz CT molecular complexity index is 3050. The molecule has 0 bridgehead atoms. The summed E-state index contributed by atoms with van der Waals surface area (Å²) in [4.78, 5) is 2.52. The molecule has 0 atom stereocenters. The highest BCUT2D eigenvalue weighted by molar-refractivity contribution is 5.98. The first kappa shape index (κ1) is 32.3. The van der Waals surface area contributed by atoms with Crippen molar-refractivity contribution in [1.82, 2.24) is 0 Å². The molecule has 3 aliphatic carbocycles. The summed E-state index contributed by atoms with van der Waals surface area (Å²) in [6.45, 7) is 4.79. The third kappa shape index (κ3) is 4.34. The lowest BCUT2D eigenvalue weighted by molar-refractivity contribution is 0.661. The zero-order chi connectivity index (χ0) is 37.9. The first-order valence-electron chi connectivity index (χ1n) is 20.1. The third-order valence-corrected chi connectivity index (χ3v) is 13.3. The lowest BCUT2D eigenvalue weighted by Crippen LogP contribution is -2.26. The van der Waals surface area contributed by atoms with E-state index in [-0.39, 0.29) is 5.41 Å². The van der Waals surface area contributed by atoms with Crippen LogP contribution < -0.4 is 4.90 Å². The molecular weight excluding hydrogens is 687 g/mol. The maximum atomic E-state index is 2.52. The zero-order valence-corrected chi connectivity index (χ0v) is 32.0. The Morgan fingerprint density at radius 2 is 0.754 bits per heavy atom. The van der Waals surface area contributed by atoms with Crippen molar-refractivity contribution in [3.8, 4) is 44.5 Å². The van der Waals surface area contributed by atoms with Gasteiger partial charge in [0, 0.05) is 22.4 Å². The van der Waals surface area contributed by atoms with Crippen molar-refractivity contribution in [3.05, 3.63) is 234 Å². The molecule has 12 rings (SSSR count). The van der Waals surface area contributed by atoms with Crippen LogP contribution in [-0.2, 0) is 10.8 Å². The fraction of sp³-hybridized carbons (Fsp3) is 0.0714.